The number of hydrogen-bond donors (Lipinski definition) is 1. The van der Waals surface area contributed by atoms with E-state index in [-0.39, 0.29) is 23.5 Å². The third-order valence-corrected chi connectivity index (χ3v) is 2.70. The molecule has 7 heteroatoms. The van der Waals surface area contributed by atoms with E-state index in [2.05, 4.69) is 20.3 Å². The normalized spacial score (nSPS) is 10.8. The van der Waals surface area contributed by atoms with E-state index in [4.69, 9.17) is 16.3 Å². The predicted octanol–water partition coefficient (Wildman–Crippen LogP) is 3.55. The molecule has 0 atom stereocenters. The topological polar surface area (TPSA) is 59.9 Å². The lowest BCUT2D eigenvalue weighted by Crippen LogP contribution is -2.12. The Morgan fingerprint density at radius 3 is 2.67 bits per heavy atom. The molecule has 0 radical (unpaired) electrons. The van der Waals surface area contributed by atoms with Gasteiger partial charge in [-0.15, -0.1) is 0 Å². The van der Waals surface area contributed by atoms with Gasteiger partial charge in [-0.05, 0) is 39.0 Å². The number of benzene rings is 1. The molecule has 0 fully saturated rings. The molecule has 0 aliphatic rings. The minimum absolute atomic E-state index is 0.0928. The number of ether oxygens (including phenoxy) is 1. The van der Waals surface area contributed by atoms with E-state index < -0.39 is 5.82 Å². The summed E-state index contributed by atoms with van der Waals surface area (Å²) in [5.41, 5.74) is 0.245. The van der Waals surface area contributed by atoms with Gasteiger partial charge in [0.2, 0.25) is 5.95 Å². The van der Waals surface area contributed by atoms with Crippen molar-refractivity contribution < 1.29 is 9.13 Å². The highest BCUT2D eigenvalue weighted by Crippen LogP contribution is 2.24. The molecule has 1 aromatic carbocycles. The minimum Gasteiger partial charge on any atom is -0.461 e. The van der Waals surface area contributed by atoms with Crippen LogP contribution in [0.1, 0.15) is 20.8 Å². The molecule has 0 aliphatic heterocycles. The summed E-state index contributed by atoms with van der Waals surface area (Å²) in [6, 6.07) is 4.48. The van der Waals surface area contributed by atoms with Crippen LogP contribution in [-0.4, -0.2) is 27.6 Å². The number of anilines is 1. The van der Waals surface area contributed by atoms with Crippen molar-refractivity contribution >= 4 is 17.5 Å². The maximum atomic E-state index is 14.0. The van der Waals surface area contributed by atoms with Crippen molar-refractivity contribution in [3.8, 4) is 17.4 Å². The zero-order chi connectivity index (χ0) is 15.4. The first kappa shape index (κ1) is 15.4. The average molecular weight is 311 g/mol. The van der Waals surface area contributed by atoms with Gasteiger partial charge < -0.3 is 10.1 Å². The zero-order valence-corrected chi connectivity index (χ0v) is 12.8. The molecule has 1 aromatic heterocycles. The van der Waals surface area contributed by atoms with Crippen LogP contribution in [-0.2, 0) is 0 Å². The molecule has 5 nitrogen and oxygen atoms in total. The number of rotatable bonds is 5. The molecule has 112 valence electrons. The predicted molar refractivity (Wildman–Crippen MR) is 80.2 cm³/mol. The summed E-state index contributed by atoms with van der Waals surface area (Å²) < 4.78 is 19.5. The van der Waals surface area contributed by atoms with Gasteiger partial charge in [0.15, 0.2) is 5.82 Å². The van der Waals surface area contributed by atoms with Crippen molar-refractivity contribution in [1.29, 1.82) is 0 Å². The first-order valence-corrected chi connectivity index (χ1v) is 6.99. The first-order chi connectivity index (χ1) is 9.99. The Bertz CT molecular complexity index is 636. The van der Waals surface area contributed by atoms with Crippen LogP contribution >= 0.6 is 11.6 Å². The Morgan fingerprint density at radius 2 is 2.05 bits per heavy atom. The Balaban J connectivity index is 2.48. The van der Waals surface area contributed by atoms with Gasteiger partial charge >= 0.3 is 6.01 Å². The van der Waals surface area contributed by atoms with Crippen LogP contribution in [0.5, 0.6) is 6.01 Å². The maximum absolute atomic E-state index is 14.0. The van der Waals surface area contributed by atoms with Crippen molar-refractivity contribution in [2.45, 2.75) is 26.9 Å². The summed E-state index contributed by atoms with van der Waals surface area (Å²) in [5, 5.41) is 3.29. The van der Waals surface area contributed by atoms with Crippen LogP contribution in [0.25, 0.3) is 11.4 Å². The number of hydrogen-bond acceptors (Lipinski definition) is 5. The van der Waals surface area contributed by atoms with Crippen molar-refractivity contribution in [3.05, 3.63) is 29.0 Å². The molecule has 0 spiro atoms. The van der Waals surface area contributed by atoms with Crippen LogP contribution < -0.4 is 10.1 Å². The lowest BCUT2D eigenvalue weighted by Gasteiger charge is -2.11. The van der Waals surface area contributed by atoms with E-state index in [1.807, 2.05) is 20.8 Å². The van der Waals surface area contributed by atoms with Crippen molar-refractivity contribution in [1.82, 2.24) is 15.0 Å². The SMILES string of the molecule is CCNc1nc(OC(C)C)nc(-c2ccc(Cl)cc2F)n1. The Labute approximate surface area is 127 Å². The summed E-state index contributed by atoms with van der Waals surface area (Å²) in [6.07, 6.45) is -0.0928. The van der Waals surface area contributed by atoms with Gasteiger partial charge in [-0.3, -0.25) is 0 Å². The summed E-state index contributed by atoms with van der Waals surface area (Å²) in [7, 11) is 0. The van der Waals surface area contributed by atoms with Crippen molar-refractivity contribution in [2.75, 3.05) is 11.9 Å². The van der Waals surface area contributed by atoms with E-state index in [0.29, 0.717) is 17.5 Å². The molecular weight excluding hydrogens is 295 g/mol. The number of nitrogens with one attached hydrogen (secondary N) is 1. The van der Waals surface area contributed by atoms with Crippen LogP contribution in [0, 0.1) is 5.82 Å². The second kappa shape index (κ2) is 6.67. The quantitative estimate of drug-likeness (QED) is 0.915. The van der Waals surface area contributed by atoms with Gasteiger partial charge in [-0.25, -0.2) is 4.39 Å². The molecule has 2 aromatic rings. The zero-order valence-electron chi connectivity index (χ0n) is 12.0. The van der Waals surface area contributed by atoms with Gasteiger partial charge in [0, 0.05) is 11.6 Å². The highest BCUT2D eigenvalue weighted by Gasteiger charge is 2.14. The van der Waals surface area contributed by atoms with Crippen LogP contribution in [0.4, 0.5) is 10.3 Å². The molecule has 0 saturated heterocycles. The second-order valence-electron chi connectivity index (χ2n) is 4.59. The van der Waals surface area contributed by atoms with Crippen LogP contribution in [0.2, 0.25) is 5.02 Å². The Morgan fingerprint density at radius 1 is 1.29 bits per heavy atom. The fraction of sp³-hybridized carbons (Fsp3) is 0.357. The first-order valence-electron chi connectivity index (χ1n) is 6.61. The lowest BCUT2D eigenvalue weighted by molar-refractivity contribution is 0.222. The monoisotopic (exact) mass is 310 g/mol. The van der Waals surface area contributed by atoms with Gasteiger partial charge in [-0.2, -0.15) is 15.0 Å². The van der Waals surface area contributed by atoms with Gasteiger partial charge in [0.25, 0.3) is 0 Å². The lowest BCUT2D eigenvalue weighted by atomic mass is 10.2. The highest BCUT2D eigenvalue weighted by atomic mass is 35.5. The fourth-order valence-electron chi connectivity index (χ4n) is 1.65. The van der Waals surface area contributed by atoms with Crippen molar-refractivity contribution in [3.63, 3.8) is 0 Å². The summed E-state index contributed by atoms with van der Waals surface area (Å²) in [4.78, 5) is 12.5. The van der Waals surface area contributed by atoms with Crippen LogP contribution in [0.15, 0.2) is 18.2 Å². The Kier molecular flexibility index (Phi) is 4.90. The third-order valence-electron chi connectivity index (χ3n) is 2.46. The molecular formula is C14H16ClFN4O. The number of halogens is 2. The summed E-state index contributed by atoms with van der Waals surface area (Å²) in [5.74, 6) is 0.0462. The molecule has 2 rings (SSSR count). The Hall–Kier alpha value is -1.95. The number of aromatic nitrogens is 3. The third kappa shape index (κ3) is 4.01. The smallest absolute Gasteiger partial charge is 0.322 e. The molecule has 1 heterocycles. The van der Waals surface area contributed by atoms with E-state index in [9.17, 15) is 4.39 Å². The van der Waals surface area contributed by atoms with E-state index in [0.717, 1.165) is 0 Å². The standard InChI is InChI=1S/C14H16ClFN4O/c1-4-17-13-18-12(19-14(20-13)21-8(2)3)10-6-5-9(15)7-11(10)16/h5-8H,4H2,1-3H3,(H,17,18,19,20). The molecule has 0 aliphatic carbocycles. The van der Waals surface area contributed by atoms with Crippen LogP contribution in [0.3, 0.4) is 0 Å². The van der Waals surface area contributed by atoms with Crippen molar-refractivity contribution in [2.24, 2.45) is 0 Å². The van der Waals surface area contributed by atoms with Gasteiger partial charge in [0.05, 0.1) is 11.7 Å². The highest BCUT2D eigenvalue weighted by molar-refractivity contribution is 6.30. The summed E-state index contributed by atoms with van der Waals surface area (Å²) in [6.45, 7) is 6.27. The maximum Gasteiger partial charge on any atom is 0.322 e. The molecule has 0 saturated carbocycles. The second-order valence-corrected chi connectivity index (χ2v) is 5.02. The molecule has 21 heavy (non-hydrogen) atoms. The molecule has 0 bridgehead atoms. The molecule has 0 amide bonds. The average Bonchev–Trinajstić information content (AvgIpc) is 2.37. The molecule has 0 unspecified atom stereocenters. The van der Waals surface area contributed by atoms with E-state index in [1.54, 1.807) is 6.07 Å². The largest absolute Gasteiger partial charge is 0.461 e. The number of nitrogens with zero attached hydrogens (tertiary/aromatic N) is 3. The fourth-order valence-corrected chi connectivity index (χ4v) is 1.81. The van der Waals surface area contributed by atoms with Gasteiger partial charge in [0.1, 0.15) is 5.82 Å². The van der Waals surface area contributed by atoms with E-state index >= 15 is 0 Å². The molecule has 1 N–H and O–H groups in total. The minimum atomic E-state index is -0.494. The van der Waals surface area contributed by atoms with Gasteiger partial charge in [-0.1, -0.05) is 11.6 Å². The summed E-state index contributed by atoms with van der Waals surface area (Å²) >= 11 is 5.76. The van der Waals surface area contributed by atoms with E-state index in [1.165, 1.54) is 12.1 Å².